The highest BCUT2D eigenvalue weighted by Crippen LogP contribution is 2.64. The minimum absolute atomic E-state index is 0.0246. The number of nitrogens with one attached hydrogen (secondary N) is 1. The molecule has 1 aromatic rings. The van der Waals surface area contributed by atoms with Gasteiger partial charge in [-0.1, -0.05) is 64.4 Å². The quantitative estimate of drug-likeness (QED) is 0.534. The Hall–Kier alpha value is -2.10. The lowest BCUT2D eigenvalue weighted by molar-refractivity contribution is -0.118. The van der Waals surface area contributed by atoms with Gasteiger partial charge in [0, 0.05) is 30.2 Å². The van der Waals surface area contributed by atoms with Gasteiger partial charge in [-0.2, -0.15) is 0 Å². The first kappa shape index (κ1) is 23.6. The first-order valence-corrected chi connectivity index (χ1v) is 13.7. The molecule has 184 valence electrons. The summed E-state index contributed by atoms with van der Waals surface area (Å²) in [6.45, 7) is 9.91. The monoisotopic (exact) mass is 462 g/mol. The predicted octanol–water partition coefficient (Wildman–Crippen LogP) is 6.81. The van der Waals surface area contributed by atoms with Gasteiger partial charge in [0.15, 0.2) is 5.78 Å². The summed E-state index contributed by atoms with van der Waals surface area (Å²) in [5, 5.41) is 3.48. The van der Waals surface area contributed by atoms with Crippen molar-refractivity contribution in [2.24, 2.45) is 28.6 Å². The number of hydrogen-bond acceptors (Lipinski definition) is 2. The third-order valence-electron chi connectivity index (χ3n) is 10.6. The number of piperidine rings is 1. The predicted molar refractivity (Wildman–Crippen MR) is 136 cm³/mol. The molecular weight excluding hydrogens is 420 g/mol. The van der Waals surface area contributed by atoms with Crippen molar-refractivity contribution in [2.75, 3.05) is 6.54 Å². The second-order valence-electron chi connectivity index (χ2n) is 12.1. The van der Waals surface area contributed by atoms with E-state index in [1.807, 2.05) is 17.0 Å². The molecule has 4 heteroatoms. The van der Waals surface area contributed by atoms with Crippen molar-refractivity contribution in [3.05, 3.63) is 47.7 Å². The van der Waals surface area contributed by atoms with E-state index < -0.39 is 5.54 Å². The summed E-state index contributed by atoms with van der Waals surface area (Å²) < 4.78 is 0. The standard InChI is InChI=1S/C30H42N2O2/c1-5-30(6-2,21-11-8-7-9-12-21)31-27(34)32-20-23-24-13-10-16-28(24,3)17-15-25(23)29(4)18-14-22(33)19-26(29)32/h7-9,11-12,19,23-25H,5-6,10,13-18,20H2,1-4H3,(H,31,34)/t23-,24-,25-,28-,29+/m0/s1. The first-order chi connectivity index (χ1) is 16.3. The van der Waals surface area contributed by atoms with Crippen molar-refractivity contribution in [3.8, 4) is 0 Å². The Bertz CT molecular complexity index is 981. The number of likely N-dealkylation sites (tertiary alicyclic amines) is 1. The van der Waals surface area contributed by atoms with Crippen LogP contribution in [-0.4, -0.2) is 23.3 Å². The van der Waals surface area contributed by atoms with Gasteiger partial charge in [-0.25, -0.2) is 4.79 Å². The van der Waals surface area contributed by atoms with Gasteiger partial charge in [0.1, 0.15) is 0 Å². The number of allylic oxidation sites excluding steroid dienone is 2. The van der Waals surface area contributed by atoms with Gasteiger partial charge in [0.05, 0.1) is 5.54 Å². The van der Waals surface area contributed by atoms with Crippen molar-refractivity contribution in [1.82, 2.24) is 10.2 Å². The van der Waals surface area contributed by atoms with Gasteiger partial charge < -0.3 is 5.32 Å². The van der Waals surface area contributed by atoms with Crippen LogP contribution in [0.15, 0.2) is 42.1 Å². The van der Waals surface area contributed by atoms with Crippen LogP contribution in [0.1, 0.15) is 91.0 Å². The molecule has 0 spiro atoms. The Morgan fingerprint density at radius 1 is 1.06 bits per heavy atom. The maximum Gasteiger partial charge on any atom is 0.322 e. The van der Waals surface area contributed by atoms with Gasteiger partial charge in [0.2, 0.25) is 0 Å². The van der Waals surface area contributed by atoms with Crippen LogP contribution in [0.4, 0.5) is 4.79 Å². The Morgan fingerprint density at radius 2 is 1.79 bits per heavy atom. The maximum absolute atomic E-state index is 14.1. The maximum atomic E-state index is 14.1. The zero-order chi connectivity index (χ0) is 24.1. The van der Waals surface area contributed by atoms with E-state index in [1.165, 1.54) is 32.1 Å². The minimum atomic E-state index is -0.404. The lowest BCUT2D eigenvalue weighted by Crippen LogP contribution is -2.61. The molecule has 5 atom stereocenters. The average Bonchev–Trinajstić information content (AvgIpc) is 3.25. The topological polar surface area (TPSA) is 49.4 Å². The van der Waals surface area contributed by atoms with Gasteiger partial charge >= 0.3 is 6.03 Å². The molecule has 1 N–H and O–H groups in total. The molecule has 0 unspecified atom stereocenters. The van der Waals surface area contributed by atoms with Crippen LogP contribution in [0.25, 0.3) is 0 Å². The van der Waals surface area contributed by atoms with Gasteiger partial charge in [-0.15, -0.1) is 0 Å². The third-order valence-corrected chi connectivity index (χ3v) is 10.6. The molecule has 4 nitrogen and oxygen atoms in total. The molecule has 2 saturated carbocycles. The summed E-state index contributed by atoms with van der Waals surface area (Å²) in [6, 6.07) is 10.3. The summed E-state index contributed by atoms with van der Waals surface area (Å²) in [6.07, 6.45) is 11.4. The molecule has 1 heterocycles. The van der Waals surface area contributed by atoms with E-state index in [0.29, 0.717) is 29.6 Å². The Balaban J connectivity index is 1.52. The van der Waals surface area contributed by atoms with Gasteiger partial charge in [-0.3, -0.25) is 9.69 Å². The fourth-order valence-electron chi connectivity index (χ4n) is 8.43. The minimum Gasteiger partial charge on any atom is -0.328 e. The highest BCUT2D eigenvalue weighted by molar-refractivity contribution is 5.93. The first-order valence-electron chi connectivity index (χ1n) is 13.7. The van der Waals surface area contributed by atoms with E-state index in [4.69, 9.17) is 0 Å². The Kier molecular flexibility index (Phi) is 5.93. The molecule has 3 aliphatic carbocycles. The second-order valence-corrected chi connectivity index (χ2v) is 12.1. The fourth-order valence-corrected chi connectivity index (χ4v) is 8.43. The highest BCUT2D eigenvalue weighted by Gasteiger charge is 2.59. The number of fused-ring (bicyclic) bond motifs is 5. The molecule has 5 rings (SSSR count). The summed E-state index contributed by atoms with van der Waals surface area (Å²) in [7, 11) is 0. The van der Waals surface area contributed by atoms with Crippen molar-refractivity contribution >= 4 is 11.8 Å². The highest BCUT2D eigenvalue weighted by atomic mass is 16.2. The van der Waals surface area contributed by atoms with Gasteiger partial charge in [0.25, 0.3) is 0 Å². The summed E-state index contributed by atoms with van der Waals surface area (Å²) in [5.41, 5.74) is 2.07. The molecule has 0 radical (unpaired) electrons. The lowest BCUT2D eigenvalue weighted by atomic mass is 9.50. The molecule has 34 heavy (non-hydrogen) atoms. The van der Waals surface area contributed by atoms with Crippen LogP contribution < -0.4 is 5.32 Å². The number of amides is 2. The Labute approximate surface area is 205 Å². The van der Waals surface area contributed by atoms with Crippen molar-refractivity contribution in [1.29, 1.82) is 0 Å². The largest absolute Gasteiger partial charge is 0.328 e. The molecule has 4 aliphatic rings. The molecule has 1 aromatic carbocycles. The zero-order valence-electron chi connectivity index (χ0n) is 21.5. The number of urea groups is 1. The van der Waals surface area contributed by atoms with Crippen LogP contribution in [-0.2, 0) is 10.3 Å². The van der Waals surface area contributed by atoms with Crippen LogP contribution in [0, 0.1) is 28.6 Å². The molecular formula is C30H42N2O2. The molecule has 1 aliphatic heterocycles. The lowest BCUT2D eigenvalue weighted by Gasteiger charge is -2.59. The zero-order valence-corrected chi connectivity index (χ0v) is 21.5. The van der Waals surface area contributed by atoms with Crippen molar-refractivity contribution in [3.63, 3.8) is 0 Å². The molecule has 0 aromatic heterocycles. The molecule has 2 amide bonds. The number of hydrogen-bond donors (Lipinski definition) is 1. The number of carbonyl (C=O) groups is 2. The SMILES string of the molecule is CCC(CC)(NC(=O)N1C[C@H]2[C@@H]3CCC[C@@]3(C)CC[C@@H]2[C@@]2(C)CCC(=O)C=C12)c1ccccc1. The van der Waals surface area contributed by atoms with E-state index >= 15 is 0 Å². The normalized spacial score (nSPS) is 35.2. The average molecular weight is 463 g/mol. The third kappa shape index (κ3) is 3.55. The Morgan fingerprint density at radius 3 is 2.50 bits per heavy atom. The van der Waals surface area contributed by atoms with Gasteiger partial charge in [-0.05, 0) is 73.7 Å². The number of ketones is 1. The number of benzene rings is 1. The van der Waals surface area contributed by atoms with E-state index in [-0.39, 0.29) is 17.2 Å². The van der Waals surface area contributed by atoms with E-state index in [2.05, 4.69) is 57.3 Å². The summed E-state index contributed by atoms with van der Waals surface area (Å²) in [4.78, 5) is 28.7. The smallest absolute Gasteiger partial charge is 0.322 e. The van der Waals surface area contributed by atoms with E-state index in [1.54, 1.807) is 0 Å². The number of nitrogens with zero attached hydrogens (tertiary/aromatic N) is 1. The summed E-state index contributed by atoms with van der Waals surface area (Å²) >= 11 is 0. The number of carbonyl (C=O) groups excluding carboxylic acids is 2. The number of rotatable bonds is 4. The van der Waals surface area contributed by atoms with Crippen molar-refractivity contribution in [2.45, 2.75) is 91.0 Å². The van der Waals surface area contributed by atoms with E-state index in [9.17, 15) is 9.59 Å². The van der Waals surface area contributed by atoms with Crippen LogP contribution in [0.5, 0.6) is 0 Å². The molecule has 3 fully saturated rings. The molecule has 1 saturated heterocycles. The second kappa shape index (κ2) is 8.53. The fraction of sp³-hybridized carbons (Fsp3) is 0.667. The van der Waals surface area contributed by atoms with E-state index in [0.717, 1.165) is 37.1 Å². The van der Waals surface area contributed by atoms with Crippen molar-refractivity contribution < 1.29 is 9.59 Å². The van der Waals surface area contributed by atoms with Crippen LogP contribution in [0.2, 0.25) is 0 Å². The van der Waals surface area contributed by atoms with Crippen LogP contribution in [0.3, 0.4) is 0 Å². The van der Waals surface area contributed by atoms with Crippen LogP contribution >= 0.6 is 0 Å². The molecule has 0 bridgehead atoms. The summed E-state index contributed by atoms with van der Waals surface area (Å²) in [5.74, 6) is 1.96.